The van der Waals surface area contributed by atoms with Gasteiger partial charge >= 0.3 is 6.36 Å². The van der Waals surface area contributed by atoms with Gasteiger partial charge in [-0.2, -0.15) is 0 Å². The number of hydrogen-bond acceptors (Lipinski definition) is 3. The third-order valence-electron chi connectivity index (χ3n) is 3.26. The molecule has 2 aromatic carbocycles. The minimum absolute atomic E-state index is 0.199. The standard InChI is InChI=1S/C17H12F3N3O2/c18-17(19,20)25-15-3-1-2-13(10-15)22-16(24)12-4-6-14(7-5-12)23-9-8-21-11-23/h1-11H,(H,22,24). The first kappa shape index (κ1) is 16.6. The van der Waals surface area contributed by atoms with Crippen molar-refractivity contribution in [1.82, 2.24) is 9.55 Å². The molecule has 0 fully saturated rings. The summed E-state index contributed by atoms with van der Waals surface area (Å²) in [5.41, 5.74) is 1.39. The van der Waals surface area contributed by atoms with E-state index >= 15 is 0 Å². The van der Waals surface area contributed by atoms with Gasteiger partial charge < -0.3 is 14.6 Å². The number of aromatic nitrogens is 2. The molecule has 25 heavy (non-hydrogen) atoms. The Bertz CT molecular complexity index is 860. The Morgan fingerprint density at radius 2 is 1.88 bits per heavy atom. The fourth-order valence-electron chi connectivity index (χ4n) is 2.17. The van der Waals surface area contributed by atoms with Crippen LogP contribution in [0.4, 0.5) is 18.9 Å². The fourth-order valence-corrected chi connectivity index (χ4v) is 2.17. The van der Waals surface area contributed by atoms with E-state index in [1.54, 1.807) is 47.6 Å². The lowest BCUT2D eigenvalue weighted by molar-refractivity contribution is -0.274. The summed E-state index contributed by atoms with van der Waals surface area (Å²) in [5, 5.41) is 2.53. The number of carbonyl (C=O) groups is 1. The van der Waals surface area contributed by atoms with Gasteiger partial charge in [-0.15, -0.1) is 13.2 Å². The SMILES string of the molecule is O=C(Nc1cccc(OC(F)(F)F)c1)c1ccc(-n2ccnc2)cc1. The van der Waals surface area contributed by atoms with Crippen molar-refractivity contribution in [2.75, 3.05) is 5.32 Å². The van der Waals surface area contributed by atoms with E-state index in [0.717, 1.165) is 17.8 Å². The Morgan fingerprint density at radius 3 is 2.52 bits per heavy atom. The van der Waals surface area contributed by atoms with Crippen molar-refractivity contribution >= 4 is 11.6 Å². The summed E-state index contributed by atoms with van der Waals surface area (Å²) < 4.78 is 42.3. The maximum absolute atomic E-state index is 12.2. The molecular weight excluding hydrogens is 335 g/mol. The van der Waals surface area contributed by atoms with Gasteiger partial charge in [0.1, 0.15) is 5.75 Å². The predicted molar refractivity (Wildman–Crippen MR) is 84.6 cm³/mol. The average molecular weight is 347 g/mol. The molecule has 0 radical (unpaired) electrons. The molecule has 0 aliphatic heterocycles. The molecule has 1 heterocycles. The van der Waals surface area contributed by atoms with Crippen LogP contribution in [0.2, 0.25) is 0 Å². The van der Waals surface area contributed by atoms with E-state index in [2.05, 4.69) is 15.0 Å². The third kappa shape index (κ3) is 4.37. The summed E-state index contributed by atoms with van der Waals surface area (Å²) in [6.45, 7) is 0. The summed E-state index contributed by atoms with van der Waals surface area (Å²) in [4.78, 5) is 16.2. The zero-order valence-corrected chi connectivity index (χ0v) is 12.7. The smallest absolute Gasteiger partial charge is 0.406 e. The van der Waals surface area contributed by atoms with Crippen LogP contribution in [0.5, 0.6) is 5.75 Å². The molecule has 1 aromatic heterocycles. The van der Waals surface area contributed by atoms with Gasteiger partial charge in [-0.05, 0) is 36.4 Å². The molecular formula is C17H12F3N3O2. The molecule has 0 bridgehead atoms. The molecule has 0 spiro atoms. The highest BCUT2D eigenvalue weighted by Crippen LogP contribution is 2.25. The number of amides is 1. The number of carbonyl (C=O) groups excluding carboxylic acids is 1. The maximum atomic E-state index is 12.2. The van der Waals surface area contributed by atoms with Crippen molar-refractivity contribution in [3.05, 3.63) is 72.8 Å². The number of benzene rings is 2. The van der Waals surface area contributed by atoms with Crippen molar-refractivity contribution in [3.8, 4) is 11.4 Å². The van der Waals surface area contributed by atoms with Crippen LogP contribution in [-0.4, -0.2) is 21.8 Å². The molecule has 0 atom stereocenters. The topological polar surface area (TPSA) is 56.1 Å². The second-order valence-corrected chi connectivity index (χ2v) is 5.05. The molecule has 5 nitrogen and oxygen atoms in total. The van der Waals surface area contributed by atoms with Crippen molar-refractivity contribution < 1.29 is 22.7 Å². The Labute approximate surface area is 140 Å². The van der Waals surface area contributed by atoms with Gasteiger partial charge in [-0.25, -0.2) is 4.98 Å². The third-order valence-corrected chi connectivity index (χ3v) is 3.26. The normalized spacial score (nSPS) is 11.2. The van der Waals surface area contributed by atoms with Crippen molar-refractivity contribution in [1.29, 1.82) is 0 Å². The van der Waals surface area contributed by atoms with Crippen LogP contribution in [-0.2, 0) is 0 Å². The Kier molecular flexibility index (Phi) is 4.42. The first-order valence-electron chi connectivity index (χ1n) is 7.16. The van der Waals surface area contributed by atoms with Gasteiger partial charge in [-0.1, -0.05) is 6.07 Å². The molecule has 0 saturated carbocycles. The van der Waals surface area contributed by atoms with Crippen LogP contribution >= 0.6 is 0 Å². The molecule has 8 heteroatoms. The Balaban J connectivity index is 1.71. The molecule has 1 N–H and O–H groups in total. The van der Waals surface area contributed by atoms with Crippen LogP contribution < -0.4 is 10.1 Å². The number of ether oxygens (including phenoxy) is 1. The van der Waals surface area contributed by atoms with Gasteiger partial charge in [0.2, 0.25) is 0 Å². The lowest BCUT2D eigenvalue weighted by Crippen LogP contribution is -2.17. The van der Waals surface area contributed by atoms with Gasteiger partial charge in [-0.3, -0.25) is 4.79 Å². The minimum atomic E-state index is -4.79. The van der Waals surface area contributed by atoms with Gasteiger partial charge in [0.05, 0.1) is 6.33 Å². The zero-order chi connectivity index (χ0) is 17.9. The van der Waals surface area contributed by atoms with Crippen LogP contribution in [0.1, 0.15) is 10.4 Å². The lowest BCUT2D eigenvalue weighted by Gasteiger charge is -2.11. The lowest BCUT2D eigenvalue weighted by atomic mass is 10.2. The predicted octanol–water partition coefficient (Wildman–Crippen LogP) is 4.02. The first-order valence-corrected chi connectivity index (χ1v) is 7.16. The molecule has 128 valence electrons. The van der Waals surface area contributed by atoms with Crippen LogP contribution in [0.15, 0.2) is 67.3 Å². The number of anilines is 1. The summed E-state index contributed by atoms with van der Waals surface area (Å²) in [6.07, 6.45) is 0.241. The van der Waals surface area contributed by atoms with Crippen molar-refractivity contribution in [2.45, 2.75) is 6.36 Å². The number of halogens is 3. The Hall–Kier alpha value is -3.29. The highest BCUT2D eigenvalue weighted by atomic mass is 19.4. The zero-order valence-electron chi connectivity index (χ0n) is 12.7. The monoisotopic (exact) mass is 347 g/mol. The average Bonchev–Trinajstić information content (AvgIpc) is 3.08. The molecule has 1 amide bonds. The number of imidazole rings is 1. The largest absolute Gasteiger partial charge is 0.573 e. The number of nitrogens with one attached hydrogen (secondary N) is 1. The van der Waals surface area contributed by atoms with Gasteiger partial charge in [0, 0.05) is 35.4 Å². The quantitative estimate of drug-likeness (QED) is 0.775. The Morgan fingerprint density at radius 1 is 1.12 bits per heavy atom. The summed E-state index contributed by atoms with van der Waals surface area (Å²) in [5.74, 6) is -0.845. The van der Waals surface area contributed by atoms with Crippen molar-refractivity contribution in [3.63, 3.8) is 0 Å². The van der Waals surface area contributed by atoms with E-state index in [0.29, 0.717) is 5.56 Å². The molecule has 0 unspecified atom stereocenters. The van der Waals surface area contributed by atoms with Gasteiger partial charge in [0.25, 0.3) is 5.91 Å². The summed E-state index contributed by atoms with van der Waals surface area (Å²) in [6, 6.07) is 11.8. The van der Waals surface area contributed by atoms with E-state index in [1.807, 2.05) is 0 Å². The number of rotatable bonds is 4. The minimum Gasteiger partial charge on any atom is -0.406 e. The second-order valence-electron chi connectivity index (χ2n) is 5.05. The molecule has 0 saturated heterocycles. The first-order chi connectivity index (χ1) is 11.9. The van der Waals surface area contributed by atoms with E-state index < -0.39 is 18.0 Å². The summed E-state index contributed by atoms with van der Waals surface area (Å²) >= 11 is 0. The molecule has 0 aliphatic carbocycles. The number of alkyl halides is 3. The van der Waals surface area contributed by atoms with E-state index in [-0.39, 0.29) is 5.69 Å². The molecule has 3 rings (SSSR count). The van der Waals surface area contributed by atoms with Crippen LogP contribution in [0.25, 0.3) is 5.69 Å². The summed E-state index contributed by atoms with van der Waals surface area (Å²) in [7, 11) is 0. The van der Waals surface area contributed by atoms with E-state index in [4.69, 9.17) is 0 Å². The molecule has 0 aliphatic rings. The van der Waals surface area contributed by atoms with Crippen LogP contribution in [0, 0.1) is 0 Å². The second kappa shape index (κ2) is 6.68. The highest BCUT2D eigenvalue weighted by Gasteiger charge is 2.31. The fraction of sp³-hybridized carbons (Fsp3) is 0.0588. The van der Waals surface area contributed by atoms with E-state index in [1.165, 1.54) is 12.1 Å². The highest BCUT2D eigenvalue weighted by molar-refractivity contribution is 6.04. The molecule has 3 aromatic rings. The number of hydrogen-bond donors (Lipinski definition) is 1. The van der Waals surface area contributed by atoms with Crippen LogP contribution in [0.3, 0.4) is 0 Å². The van der Waals surface area contributed by atoms with Gasteiger partial charge in [0.15, 0.2) is 0 Å². The maximum Gasteiger partial charge on any atom is 0.573 e. The van der Waals surface area contributed by atoms with Crippen molar-refractivity contribution in [2.24, 2.45) is 0 Å². The number of nitrogens with zero attached hydrogens (tertiary/aromatic N) is 2. The van der Waals surface area contributed by atoms with E-state index in [9.17, 15) is 18.0 Å².